The lowest BCUT2D eigenvalue weighted by molar-refractivity contribution is -0.115. The molecule has 0 saturated heterocycles. The van der Waals surface area contributed by atoms with Crippen molar-refractivity contribution in [1.82, 2.24) is 0 Å². The normalized spacial score (nSPS) is 12.0. The van der Waals surface area contributed by atoms with Crippen molar-refractivity contribution in [3.8, 4) is 5.75 Å². The van der Waals surface area contributed by atoms with E-state index in [2.05, 4.69) is 12.2 Å². The van der Waals surface area contributed by atoms with Crippen LogP contribution in [0, 0.1) is 0 Å². The molecular weight excluding hydrogens is 314 g/mol. The summed E-state index contributed by atoms with van der Waals surface area (Å²) in [7, 11) is 0. The van der Waals surface area contributed by atoms with Gasteiger partial charge in [0.25, 0.3) is 0 Å². The van der Waals surface area contributed by atoms with E-state index in [1.165, 1.54) is 12.1 Å². The third-order valence-electron chi connectivity index (χ3n) is 3.08. The number of carbonyl (C=O) groups is 2. The number of rotatable bonds is 9. The standard InChI is InChI=1S/C17H25NO4S/c1-5-6-9-23-12(4)16(19)18-14-10-13(17(20)21)7-8-15(14)22-11(2)3/h7-8,10-12H,5-6,9H2,1-4H3,(H,18,19)(H,20,21). The van der Waals surface area contributed by atoms with Gasteiger partial charge in [-0.25, -0.2) is 4.79 Å². The van der Waals surface area contributed by atoms with E-state index in [0.29, 0.717) is 11.4 Å². The SMILES string of the molecule is CCCCSC(C)C(=O)Nc1cc(C(=O)O)ccc1OC(C)C. The van der Waals surface area contributed by atoms with Gasteiger partial charge in [-0.15, -0.1) is 11.8 Å². The van der Waals surface area contributed by atoms with Gasteiger partial charge in [-0.3, -0.25) is 4.79 Å². The molecule has 6 heteroatoms. The zero-order chi connectivity index (χ0) is 17.4. The maximum Gasteiger partial charge on any atom is 0.335 e. The second-order valence-electron chi connectivity index (χ2n) is 5.54. The van der Waals surface area contributed by atoms with Gasteiger partial charge < -0.3 is 15.2 Å². The predicted molar refractivity (Wildman–Crippen MR) is 94.6 cm³/mol. The fourth-order valence-corrected chi connectivity index (χ4v) is 2.85. The number of anilines is 1. The number of carboxylic acid groups (broad SMARTS) is 1. The molecule has 2 N–H and O–H groups in total. The minimum atomic E-state index is -1.04. The van der Waals surface area contributed by atoms with Crippen LogP contribution in [0.25, 0.3) is 0 Å². The summed E-state index contributed by atoms with van der Waals surface area (Å²) in [4.78, 5) is 23.4. The van der Waals surface area contributed by atoms with E-state index in [-0.39, 0.29) is 22.8 Å². The Balaban J connectivity index is 2.88. The number of amides is 1. The van der Waals surface area contributed by atoms with Crippen LogP contribution in [0.5, 0.6) is 5.75 Å². The smallest absolute Gasteiger partial charge is 0.335 e. The highest BCUT2D eigenvalue weighted by molar-refractivity contribution is 8.00. The van der Waals surface area contributed by atoms with Crippen molar-refractivity contribution in [3.63, 3.8) is 0 Å². The Labute approximate surface area is 141 Å². The Hall–Kier alpha value is -1.69. The lowest BCUT2D eigenvalue weighted by Gasteiger charge is -2.17. The van der Waals surface area contributed by atoms with Gasteiger partial charge in [-0.05, 0) is 51.1 Å². The first kappa shape index (κ1) is 19.4. The minimum Gasteiger partial charge on any atom is -0.489 e. The second kappa shape index (κ2) is 9.45. The zero-order valence-corrected chi connectivity index (χ0v) is 14.9. The molecule has 128 valence electrons. The van der Waals surface area contributed by atoms with Crippen LogP contribution >= 0.6 is 11.8 Å². The van der Waals surface area contributed by atoms with E-state index in [0.717, 1.165) is 18.6 Å². The lowest BCUT2D eigenvalue weighted by atomic mass is 10.2. The Morgan fingerprint density at radius 2 is 2.00 bits per heavy atom. The number of ether oxygens (including phenoxy) is 1. The Kier molecular flexibility index (Phi) is 7.95. The Morgan fingerprint density at radius 1 is 1.30 bits per heavy atom. The van der Waals surface area contributed by atoms with Crippen molar-refractivity contribution < 1.29 is 19.4 Å². The van der Waals surface area contributed by atoms with Gasteiger partial charge >= 0.3 is 5.97 Å². The summed E-state index contributed by atoms with van der Waals surface area (Å²) in [5, 5.41) is 11.7. The number of unbranched alkanes of at least 4 members (excludes halogenated alkanes) is 1. The molecule has 0 aromatic heterocycles. The van der Waals surface area contributed by atoms with Crippen molar-refractivity contribution in [2.24, 2.45) is 0 Å². The minimum absolute atomic E-state index is 0.0716. The van der Waals surface area contributed by atoms with Crippen LogP contribution in [-0.4, -0.2) is 34.1 Å². The van der Waals surface area contributed by atoms with Gasteiger partial charge in [0.15, 0.2) is 0 Å². The molecule has 5 nitrogen and oxygen atoms in total. The van der Waals surface area contributed by atoms with Crippen LogP contribution in [0.2, 0.25) is 0 Å². The highest BCUT2D eigenvalue weighted by Crippen LogP contribution is 2.28. The van der Waals surface area contributed by atoms with Crippen molar-refractivity contribution in [2.75, 3.05) is 11.1 Å². The molecule has 0 saturated carbocycles. The number of carboxylic acids is 1. The van der Waals surface area contributed by atoms with Gasteiger partial charge in [0.2, 0.25) is 5.91 Å². The predicted octanol–water partition coefficient (Wildman–Crippen LogP) is 4.03. The number of carbonyl (C=O) groups excluding carboxylic acids is 1. The first-order valence-electron chi connectivity index (χ1n) is 7.81. The third-order valence-corrected chi connectivity index (χ3v) is 4.32. The lowest BCUT2D eigenvalue weighted by Crippen LogP contribution is -2.23. The van der Waals surface area contributed by atoms with Gasteiger partial charge in [0.1, 0.15) is 5.75 Å². The summed E-state index contributed by atoms with van der Waals surface area (Å²) in [6.45, 7) is 7.71. The topological polar surface area (TPSA) is 75.6 Å². The first-order valence-corrected chi connectivity index (χ1v) is 8.86. The highest BCUT2D eigenvalue weighted by Gasteiger charge is 2.17. The summed E-state index contributed by atoms with van der Waals surface area (Å²) in [5.41, 5.74) is 0.509. The van der Waals surface area contributed by atoms with E-state index >= 15 is 0 Å². The molecule has 0 spiro atoms. The van der Waals surface area contributed by atoms with E-state index in [9.17, 15) is 9.59 Å². The van der Waals surface area contributed by atoms with Gasteiger partial charge in [0.05, 0.1) is 22.6 Å². The van der Waals surface area contributed by atoms with Crippen LogP contribution in [-0.2, 0) is 4.79 Å². The molecule has 1 rings (SSSR count). The molecule has 1 aromatic carbocycles. The van der Waals surface area contributed by atoms with Gasteiger partial charge in [-0.1, -0.05) is 13.3 Å². The van der Waals surface area contributed by atoms with E-state index in [4.69, 9.17) is 9.84 Å². The van der Waals surface area contributed by atoms with Crippen LogP contribution in [0.15, 0.2) is 18.2 Å². The van der Waals surface area contributed by atoms with Crippen LogP contribution in [0.1, 0.15) is 50.9 Å². The van der Waals surface area contributed by atoms with Crippen LogP contribution in [0.3, 0.4) is 0 Å². The molecule has 0 fully saturated rings. The number of hydrogen-bond donors (Lipinski definition) is 2. The molecule has 0 aliphatic rings. The monoisotopic (exact) mass is 339 g/mol. The molecule has 0 heterocycles. The first-order chi connectivity index (χ1) is 10.8. The molecule has 23 heavy (non-hydrogen) atoms. The Morgan fingerprint density at radius 3 is 2.57 bits per heavy atom. The number of hydrogen-bond acceptors (Lipinski definition) is 4. The number of benzene rings is 1. The molecule has 0 aliphatic heterocycles. The van der Waals surface area contributed by atoms with Crippen LogP contribution < -0.4 is 10.1 Å². The van der Waals surface area contributed by atoms with Crippen molar-refractivity contribution >= 4 is 29.3 Å². The molecule has 1 atom stereocenters. The second-order valence-corrected chi connectivity index (χ2v) is 6.99. The van der Waals surface area contributed by atoms with Crippen LogP contribution in [0.4, 0.5) is 5.69 Å². The van der Waals surface area contributed by atoms with Gasteiger partial charge in [0, 0.05) is 0 Å². The molecule has 1 aromatic rings. The average molecular weight is 339 g/mol. The average Bonchev–Trinajstić information content (AvgIpc) is 2.48. The summed E-state index contributed by atoms with van der Waals surface area (Å²) in [6.07, 6.45) is 2.09. The summed E-state index contributed by atoms with van der Waals surface area (Å²) < 4.78 is 5.64. The number of nitrogens with one attached hydrogen (secondary N) is 1. The van der Waals surface area contributed by atoms with E-state index in [1.54, 1.807) is 17.8 Å². The molecular formula is C17H25NO4S. The third kappa shape index (κ3) is 6.52. The summed E-state index contributed by atoms with van der Waals surface area (Å²) >= 11 is 1.59. The fourth-order valence-electron chi connectivity index (χ4n) is 1.83. The maximum absolute atomic E-state index is 12.3. The summed E-state index contributed by atoms with van der Waals surface area (Å²) in [5.74, 6) is 0.212. The molecule has 0 radical (unpaired) electrons. The quantitative estimate of drug-likeness (QED) is 0.664. The fraction of sp³-hybridized carbons (Fsp3) is 0.529. The summed E-state index contributed by atoms with van der Waals surface area (Å²) in [6, 6.07) is 4.48. The highest BCUT2D eigenvalue weighted by atomic mass is 32.2. The zero-order valence-electron chi connectivity index (χ0n) is 14.1. The van der Waals surface area contributed by atoms with E-state index in [1.807, 2.05) is 20.8 Å². The number of aromatic carboxylic acids is 1. The number of thioether (sulfide) groups is 1. The van der Waals surface area contributed by atoms with Crippen molar-refractivity contribution in [3.05, 3.63) is 23.8 Å². The van der Waals surface area contributed by atoms with Crippen molar-refractivity contribution in [1.29, 1.82) is 0 Å². The largest absolute Gasteiger partial charge is 0.489 e. The molecule has 0 bridgehead atoms. The molecule has 0 aliphatic carbocycles. The van der Waals surface area contributed by atoms with E-state index < -0.39 is 5.97 Å². The molecule has 1 unspecified atom stereocenters. The maximum atomic E-state index is 12.3. The Bertz CT molecular complexity index is 545. The van der Waals surface area contributed by atoms with Gasteiger partial charge in [-0.2, -0.15) is 0 Å². The molecule has 1 amide bonds. The van der Waals surface area contributed by atoms with Crippen molar-refractivity contribution in [2.45, 2.75) is 51.9 Å².